The van der Waals surface area contributed by atoms with Crippen LogP contribution < -0.4 is 20.9 Å². The molecule has 0 bridgehead atoms. The second kappa shape index (κ2) is 11.5. The zero-order valence-electron chi connectivity index (χ0n) is 19.3. The first kappa shape index (κ1) is 24.2. The van der Waals surface area contributed by atoms with Crippen LogP contribution in [0.25, 0.3) is 0 Å². The lowest BCUT2D eigenvalue weighted by atomic mass is 10.1. The lowest BCUT2D eigenvalue weighted by Gasteiger charge is -2.30. The molecule has 182 valence electrons. The minimum Gasteiger partial charge on any atom is -0.371 e. The minimum atomic E-state index is -1.05. The van der Waals surface area contributed by atoms with E-state index in [0.717, 1.165) is 49.3 Å². The first-order valence-electron chi connectivity index (χ1n) is 11.7. The number of carbonyl (C=O) groups is 2. The largest absolute Gasteiger partial charge is 0.371 e. The van der Waals surface area contributed by atoms with Crippen LogP contribution in [-0.4, -0.2) is 31.6 Å². The molecule has 3 N–H and O–H groups in total. The minimum absolute atomic E-state index is 0.116. The molecule has 0 aromatic heterocycles. The predicted molar refractivity (Wildman–Crippen MR) is 134 cm³/mol. The molecule has 3 aromatic carbocycles. The smallest absolute Gasteiger partial charge is 0.323 e. The molecule has 0 aliphatic carbocycles. The van der Waals surface area contributed by atoms with E-state index in [9.17, 15) is 18.4 Å². The highest BCUT2D eigenvalue weighted by Gasteiger charge is 2.20. The van der Waals surface area contributed by atoms with Gasteiger partial charge in [-0.25, -0.2) is 13.6 Å². The van der Waals surface area contributed by atoms with Gasteiger partial charge in [0.05, 0.1) is 5.56 Å². The molecule has 6 nitrogen and oxygen atoms in total. The van der Waals surface area contributed by atoms with Crippen LogP contribution in [0.4, 0.5) is 30.6 Å². The number of hydrogen-bond acceptors (Lipinski definition) is 3. The highest BCUT2D eigenvalue weighted by atomic mass is 19.2. The lowest BCUT2D eigenvalue weighted by molar-refractivity contribution is 0.0954. The van der Waals surface area contributed by atoms with Gasteiger partial charge in [0.1, 0.15) is 0 Å². The zero-order chi connectivity index (χ0) is 24.6. The molecule has 0 unspecified atom stereocenters. The Morgan fingerprint density at radius 3 is 2.20 bits per heavy atom. The Hall–Kier alpha value is -3.94. The summed E-state index contributed by atoms with van der Waals surface area (Å²) >= 11 is 0. The number of piperidine rings is 1. The molecule has 0 radical (unpaired) electrons. The van der Waals surface area contributed by atoms with Crippen LogP contribution in [0.15, 0.2) is 66.7 Å². The van der Waals surface area contributed by atoms with Crippen molar-refractivity contribution in [2.75, 3.05) is 35.2 Å². The van der Waals surface area contributed by atoms with E-state index in [1.165, 1.54) is 12.5 Å². The number of nitrogens with zero attached hydrogens (tertiary/aromatic N) is 1. The van der Waals surface area contributed by atoms with Crippen molar-refractivity contribution in [2.45, 2.75) is 25.7 Å². The average Bonchev–Trinajstić information content (AvgIpc) is 2.87. The Labute approximate surface area is 203 Å². The summed E-state index contributed by atoms with van der Waals surface area (Å²) in [4.78, 5) is 27.8. The maximum Gasteiger partial charge on any atom is 0.323 e. The van der Waals surface area contributed by atoms with Crippen molar-refractivity contribution in [2.24, 2.45) is 0 Å². The summed E-state index contributed by atoms with van der Waals surface area (Å²) in [5.74, 6) is -2.26. The zero-order valence-corrected chi connectivity index (χ0v) is 19.3. The van der Waals surface area contributed by atoms with Crippen molar-refractivity contribution in [3.05, 3.63) is 89.5 Å². The van der Waals surface area contributed by atoms with Gasteiger partial charge in [0, 0.05) is 42.8 Å². The maximum absolute atomic E-state index is 13.4. The standard InChI is InChI=1S/C27H28F2N4O2/c28-23-11-9-21(18-24(23)29)32-27(35)31-20-10-12-25(33-15-5-2-6-16-33)22(17-20)26(34)30-14-13-19-7-3-1-4-8-19/h1,3-4,7-12,17-18H,2,5-6,13-16H2,(H,30,34)(H2,31,32,35). The van der Waals surface area contributed by atoms with E-state index in [4.69, 9.17) is 0 Å². The van der Waals surface area contributed by atoms with Gasteiger partial charge < -0.3 is 20.9 Å². The second-order valence-electron chi connectivity index (χ2n) is 8.48. The number of urea groups is 1. The van der Waals surface area contributed by atoms with Crippen LogP contribution in [0.5, 0.6) is 0 Å². The summed E-state index contributed by atoms with van der Waals surface area (Å²) in [6.07, 6.45) is 4.00. The molecule has 3 amide bonds. The van der Waals surface area contributed by atoms with Crippen molar-refractivity contribution in [3.63, 3.8) is 0 Å². The molecular weight excluding hydrogens is 450 g/mol. The summed E-state index contributed by atoms with van der Waals surface area (Å²) in [5, 5.41) is 8.12. The summed E-state index contributed by atoms with van der Waals surface area (Å²) in [6.45, 7) is 2.22. The van der Waals surface area contributed by atoms with Crippen LogP contribution in [-0.2, 0) is 6.42 Å². The molecule has 35 heavy (non-hydrogen) atoms. The van der Waals surface area contributed by atoms with Crippen molar-refractivity contribution in [3.8, 4) is 0 Å². The third-order valence-corrected chi connectivity index (χ3v) is 5.92. The average molecular weight is 479 g/mol. The molecule has 1 aliphatic rings. The van der Waals surface area contributed by atoms with E-state index >= 15 is 0 Å². The number of nitrogens with one attached hydrogen (secondary N) is 3. The van der Waals surface area contributed by atoms with Gasteiger partial charge in [0.15, 0.2) is 11.6 Å². The van der Waals surface area contributed by atoms with Crippen LogP contribution in [0.1, 0.15) is 35.2 Å². The molecule has 0 spiro atoms. The SMILES string of the molecule is O=C(Nc1ccc(F)c(F)c1)Nc1ccc(N2CCCCC2)c(C(=O)NCCc2ccccc2)c1. The van der Waals surface area contributed by atoms with Gasteiger partial charge in [-0.1, -0.05) is 30.3 Å². The fourth-order valence-corrected chi connectivity index (χ4v) is 4.13. The molecule has 0 saturated carbocycles. The van der Waals surface area contributed by atoms with Gasteiger partial charge in [-0.05, 0) is 61.6 Å². The Morgan fingerprint density at radius 1 is 0.800 bits per heavy atom. The van der Waals surface area contributed by atoms with Gasteiger partial charge >= 0.3 is 6.03 Å². The van der Waals surface area contributed by atoms with Gasteiger partial charge in [0.2, 0.25) is 0 Å². The van der Waals surface area contributed by atoms with Gasteiger partial charge in [-0.3, -0.25) is 4.79 Å². The summed E-state index contributed by atoms with van der Waals surface area (Å²) in [5.41, 5.74) is 2.97. The first-order valence-corrected chi connectivity index (χ1v) is 11.7. The monoisotopic (exact) mass is 478 g/mol. The number of rotatable bonds is 7. The third kappa shape index (κ3) is 6.56. The molecule has 1 fully saturated rings. The summed E-state index contributed by atoms with van der Waals surface area (Å²) in [6, 6.07) is 17.6. The molecule has 3 aromatic rings. The highest BCUT2D eigenvalue weighted by molar-refractivity contribution is 6.04. The Balaban J connectivity index is 1.47. The van der Waals surface area contributed by atoms with Crippen molar-refractivity contribution >= 4 is 29.0 Å². The van der Waals surface area contributed by atoms with E-state index in [0.29, 0.717) is 24.2 Å². The fourth-order valence-electron chi connectivity index (χ4n) is 4.13. The lowest BCUT2D eigenvalue weighted by Crippen LogP contribution is -2.33. The number of carbonyl (C=O) groups excluding carboxylic acids is 2. The molecule has 1 heterocycles. The van der Waals surface area contributed by atoms with Gasteiger partial charge in [-0.15, -0.1) is 0 Å². The van der Waals surface area contributed by atoms with Crippen molar-refractivity contribution < 1.29 is 18.4 Å². The van der Waals surface area contributed by atoms with Crippen LogP contribution in [0.3, 0.4) is 0 Å². The molecular formula is C27H28F2N4O2. The Bertz CT molecular complexity index is 1180. The maximum atomic E-state index is 13.4. The van der Waals surface area contributed by atoms with E-state index in [2.05, 4.69) is 20.9 Å². The van der Waals surface area contributed by atoms with E-state index in [-0.39, 0.29) is 11.6 Å². The predicted octanol–water partition coefficient (Wildman–Crippen LogP) is 5.57. The number of anilines is 3. The molecule has 1 saturated heterocycles. The quantitative estimate of drug-likeness (QED) is 0.416. The molecule has 1 aliphatic heterocycles. The van der Waals surface area contributed by atoms with Crippen LogP contribution >= 0.6 is 0 Å². The van der Waals surface area contributed by atoms with Crippen molar-refractivity contribution in [1.29, 1.82) is 0 Å². The third-order valence-electron chi connectivity index (χ3n) is 5.92. The molecule has 0 atom stereocenters. The Morgan fingerprint density at radius 2 is 1.49 bits per heavy atom. The highest BCUT2D eigenvalue weighted by Crippen LogP contribution is 2.27. The first-order chi connectivity index (χ1) is 17.0. The van der Waals surface area contributed by atoms with Crippen LogP contribution in [0, 0.1) is 11.6 Å². The van der Waals surface area contributed by atoms with E-state index in [1.54, 1.807) is 12.1 Å². The van der Waals surface area contributed by atoms with Gasteiger partial charge in [-0.2, -0.15) is 0 Å². The van der Waals surface area contributed by atoms with Crippen molar-refractivity contribution in [1.82, 2.24) is 5.32 Å². The second-order valence-corrected chi connectivity index (χ2v) is 8.48. The summed E-state index contributed by atoms with van der Waals surface area (Å²) < 4.78 is 26.6. The normalized spacial score (nSPS) is 13.3. The number of hydrogen-bond donors (Lipinski definition) is 3. The molecule has 8 heteroatoms. The number of benzene rings is 3. The number of amides is 3. The van der Waals surface area contributed by atoms with Crippen LogP contribution in [0.2, 0.25) is 0 Å². The molecule has 4 rings (SSSR count). The number of halogens is 2. The topological polar surface area (TPSA) is 73.5 Å². The fraction of sp³-hybridized carbons (Fsp3) is 0.259. The Kier molecular flexibility index (Phi) is 7.92. The van der Waals surface area contributed by atoms with E-state index < -0.39 is 17.7 Å². The van der Waals surface area contributed by atoms with Gasteiger partial charge in [0.25, 0.3) is 5.91 Å². The summed E-state index contributed by atoms with van der Waals surface area (Å²) in [7, 11) is 0. The van der Waals surface area contributed by atoms with E-state index in [1.807, 2.05) is 36.4 Å².